The SMILES string of the molecule is CCC(Cc1ccccc1)N1CCCCC1CC(=O)O. The molecule has 1 heterocycles. The van der Waals surface area contributed by atoms with Gasteiger partial charge in [-0.2, -0.15) is 0 Å². The maximum atomic E-state index is 11.1. The lowest BCUT2D eigenvalue weighted by atomic mass is 9.93. The molecule has 110 valence electrons. The zero-order valence-electron chi connectivity index (χ0n) is 12.3. The van der Waals surface area contributed by atoms with Crippen molar-refractivity contribution in [2.24, 2.45) is 0 Å². The van der Waals surface area contributed by atoms with E-state index >= 15 is 0 Å². The fraction of sp³-hybridized carbons (Fsp3) is 0.588. The zero-order valence-corrected chi connectivity index (χ0v) is 12.3. The van der Waals surface area contributed by atoms with Gasteiger partial charge in [0.2, 0.25) is 0 Å². The van der Waals surface area contributed by atoms with Crippen molar-refractivity contribution >= 4 is 5.97 Å². The molecule has 0 saturated carbocycles. The summed E-state index contributed by atoms with van der Waals surface area (Å²) in [5.41, 5.74) is 1.35. The first-order valence-corrected chi connectivity index (χ1v) is 7.72. The summed E-state index contributed by atoms with van der Waals surface area (Å²) >= 11 is 0. The highest BCUT2D eigenvalue weighted by Crippen LogP contribution is 2.25. The van der Waals surface area contributed by atoms with Crippen molar-refractivity contribution in [1.29, 1.82) is 0 Å². The molecule has 3 heteroatoms. The van der Waals surface area contributed by atoms with Crippen LogP contribution in [0.4, 0.5) is 0 Å². The van der Waals surface area contributed by atoms with Crippen LogP contribution < -0.4 is 0 Å². The molecule has 0 aliphatic carbocycles. The van der Waals surface area contributed by atoms with Crippen LogP contribution in [0.15, 0.2) is 30.3 Å². The molecular formula is C17H25NO2. The maximum Gasteiger partial charge on any atom is 0.304 e. The molecule has 2 rings (SSSR count). The minimum Gasteiger partial charge on any atom is -0.481 e. The lowest BCUT2D eigenvalue weighted by Crippen LogP contribution is -2.47. The minimum atomic E-state index is -0.670. The van der Waals surface area contributed by atoms with Crippen LogP contribution in [-0.2, 0) is 11.2 Å². The Morgan fingerprint density at radius 1 is 1.35 bits per heavy atom. The molecule has 0 radical (unpaired) electrons. The summed E-state index contributed by atoms with van der Waals surface area (Å²) in [5, 5.41) is 9.10. The molecule has 0 aromatic heterocycles. The van der Waals surface area contributed by atoms with Crippen LogP contribution in [0.25, 0.3) is 0 Å². The Hall–Kier alpha value is -1.35. The summed E-state index contributed by atoms with van der Waals surface area (Å²) in [7, 11) is 0. The topological polar surface area (TPSA) is 40.5 Å². The third-order valence-electron chi connectivity index (χ3n) is 4.34. The molecule has 0 spiro atoms. The Bertz CT molecular complexity index is 418. The van der Waals surface area contributed by atoms with Gasteiger partial charge in [0.25, 0.3) is 0 Å². The fourth-order valence-corrected chi connectivity index (χ4v) is 3.31. The van der Waals surface area contributed by atoms with Crippen LogP contribution in [0.2, 0.25) is 0 Å². The van der Waals surface area contributed by atoms with E-state index in [9.17, 15) is 4.79 Å². The van der Waals surface area contributed by atoms with E-state index in [1.807, 2.05) is 6.07 Å². The van der Waals surface area contributed by atoms with Gasteiger partial charge in [0.05, 0.1) is 6.42 Å². The smallest absolute Gasteiger partial charge is 0.304 e. The highest BCUT2D eigenvalue weighted by atomic mass is 16.4. The minimum absolute atomic E-state index is 0.218. The van der Waals surface area contributed by atoms with Crippen LogP contribution in [0.5, 0.6) is 0 Å². The van der Waals surface area contributed by atoms with E-state index in [1.54, 1.807) is 0 Å². The number of hydrogen-bond donors (Lipinski definition) is 1. The van der Waals surface area contributed by atoms with Crippen molar-refractivity contribution in [3.8, 4) is 0 Å². The van der Waals surface area contributed by atoms with Gasteiger partial charge in [-0.15, -0.1) is 0 Å². The standard InChI is InChI=1S/C17H25NO2/c1-2-15(12-14-8-4-3-5-9-14)18-11-7-6-10-16(18)13-17(19)20/h3-5,8-9,15-16H,2,6-7,10-13H2,1H3,(H,19,20). The molecule has 1 aromatic rings. The predicted octanol–water partition coefficient (Wildman–Crippen LogP) is 3.34. The average molecular weight is 275 g/mol. The number of aliphatic carboxylic acids is 1. The van der Waals surface area contributed by atoms with Crippen molar-refractivity contribution in [3.05, 3.63) is 35.9 Å². The van der Waals surface area contributed by atoms with E-state index in [1.165, 1.54) is 12.0 Å². The summed E-state index contributed by atoms with van der Waals surface area (Å²) in [6.07, 6.45) is 5.76. The van der Waals surface area contributed by atoms with E-state index in [0.717, 1.165) is 32.2 Å². The van der Waals surface area contributed by atoms with Crippen molar-refractivity contribution in [3.63, 3.8) is 0 Å². The molecular weight excluding hydrogens is 250 g/mol. The second-order valence-electron chi connectivity index (χ2n) is 5.74. The second-order valence-corrected chi connectivity index (χ2v) is 5.74. The van der Waals surface area contributed by atoms with Crippen molar-refractivity contribution < 1.29 is 9.90 Å². The van der Waals surface area contributed by atoms with Gasteiger partial charge in [0.15, 0.2) is 0 Å². The van der Waals surface area contributed by atoms with E-state index in [4.69, 9.17) is 5.11 Å². The normalized spacial score (nSPS) is 21.6. The van der Waals surface area contributed by atoms with E-state index < -0.39 is 5.97 Å². The Morgan fingerprint density at radius 2 is 2.10 bits per heavy atom. The number of nitrogens with zero attached hydrogens (tertiary/aromatic N) is 1. The van der Waals surface area contributed by atoms with Crippen molar-refractivity contribution in [2.45, 2.75) is 57.5 Å². The third kappa shape index (κ3) is 4.07. The third-order valence-corrected chi connectivity index (χ3v) is 4.34. The number of likely N-dealkylation sites (tertiary alicyclic amines) is 1. The Balaban J connectivity index is 2.05. The van der Waals surface area contributed by atoms with Gasteiger partial charge in [-0.3, -0.25) is 9.69 Å². The number of piperidine rings is 1. The van der Waals surface area contributed by atoms with Gasteiger partial charge in [0, 0.05) is 12.1 Å². The number of carboxylic acids is 1. The van der Waals surface area contributed by atoms with Gasteiger partial charge >= 0.3 is 5.97 Å². The Kier molecular flexibility index (Phi) is 5.60. The largest absolute Gasteiger partial charge is 0.481 e. The fourth-order valence-electron chi connectivity index (χ4n) is 3.31. The maximum absolute atomic E-state index is 11.1. The zero-order chi connectivity index (χ0) is 14.4. The number of hydrogen-bond acceptors (Lipinski definition) is 2. The molecule has 2 atom stereocenters. The van der Waals surface area contributed by atoms with Gasteiger partial charge in [0.1, 0.15) is 0 Å². The number of carboxylic acid groups (broad SMARTS) is 1. The Morgan fingerprint density at radius 3 is 2.75 bits per heavy atom. The summed E-state index contributed by atoms with van der Waals surface area (Å²) in [6.45, 7) is 3.25. The summed E-state index contributed by atoms with van der Waals surface area (Å²) in [5.74, 6) is -0.670. The first-order valence-electron chi connectivity index (χ1n) is 7.72. The molecule has 1 saturated heterocycles. The molecule has 3 nitrogen and oxygen atoms in total. The van der Waals surface area contributed by atoms with Crippen LogP contribution in [0.1, 0.15) is 44.6 Å². The number of carbonyl (C=O) groups is 1. The first kappa shape index (κ1) is 15.0. The van der Waals surface area contributed by atoms with Crippen LogP contribution in [0.3, 0.4) is 0 Å². The second kappa shape index (κ2) is 7.44. The summed E-state index contributed by atoms with van der Waals surface area (Å²) in [4.78, 5) is 13.5. The van der Waals surface area contributed by atoms with Crippen molar-refractivity contribution in [1.82, 2.24) is 4.90 Å². The first-order chi connectivity index (χ1) is 9.70. The highest BCUT2D eigenvalue weighted by Gasteiger charge is 2.29. The molecule has 0 bridgehead atoms. The molecule has 2 unspecified atom stereocenters. The average Bonchev–Trinajstić information content (AvgIpc) is 2.46. The number of rotatable bonds is 6. The van der Waals surface area contributed by atoms with Gasteiger partial charge in [-0.25, -0.2) is 0 Å². The molecule has 1 aliphatic rings. The lowest BCUT2D eigenvalue weighted by Gasteiger charge is -2.40. The van der Waals surface area contributed by atoms with E-state index in [0.29, 0.717) is 6.04 Å². The van der Waals surface area contributed by atoms with Crippen LogP contribution >= 0.6 is 0 Å². The molecule has 1 fully saturated rings. The quantitative estimate of drug-likeness (QED) is 0.865. The van der Waals surface area contributed by atoms with Crippen molar-refractivity contribution in [2.75, 3.05) is 6.54 Å². The van der Waals surface area contributed by atoms with E-state index in [-0.39, 0.29) is 12.5 Å². The summed E-state index contributed by atoms with van der Waals surface area (Å²) < 4.78 is 0. The van der Waals surface area contributed by atoms with Gasteiger partial charge in [-0.05, 0) is 37.8 Å². The molecule has 1 N–H and O–H groups in total. The Labute approximate surface area is 121 Å². The number of benzene rings is 1. The predicted molar refractivity (Wildman–Crippen MR) is 80.8 cm³/mol. The van der Waals surface area contributed by atoms with Gasteiger partial charge < -0.3 is 5.11 Å². The summed E-state index contributed by atoms with van der Waals surface area (Å²) in [6, 6.07) is 11.2. The molecule has 20 heavy (non-hydrogen) atoms. The van der Waals surface area contributed by atoms with Gasteiger partial charge in [-0.1, -0.05) is 43.7 Å². The molecule has 0 amide bonds. The van der Waals surface area contributed by atoms with Crippen LogP contribution in [0, 0.1) is 0 Å². The molecule has 1 aromatic carbocycles. The highest BCUT2D eigenvalue weighted by molar-refractivity contribution is 5.67. The molecule has 1 aliphatic heterocycles. The van der Waals surface area contributed by atoms with Crippen LogP contribution in [-0.4, -0.2) is 34.6 Å². The van der Waals surface area contributed by atoms with E-state index in [2.05, 4.69) is 36.1 Å². The monoisotopic (exact) mass is 275 g/mol. The lowest BCUT2D eigenvalue weighted by molar-refractivity contribution is -0.139.